The summed E-state index contributed by atoms with van der Waals surface area (Å²) in [5.74, 6) is 1.25. The standard InChI is InChI=1S/C34H27N5O3S/c1-42-27-18-11-23(12-19-27)13-20-31(40)24-14-16-25(17-15-24)36-32(41)22-43-34-38-37-33(39(34)26-7-3-2-4-8-26)29-21-35-30-10-6-5-9-28(29)30/h2-21,35H,22H2,1H3,(H,36,41)/b20-13+. The quantitative estimate of drug-likeness (QED) is 0.101. The number of ketones is 1. The van der Waals surface area contributed by atoms with E-state index in [1.807, 2.05) is 89.6 Å². The topological polar surface area (TPSA) is 102 Å². The smallest absolute Gasteiger partial charge is 0.234 e. The fourth-order valence-electron chi connectivity index (χ4n) is 4.63. The molecule has 0 aliphatic carbocycles. The summed E-state index contributed by atoms with van der Waals surface area (Å²) in [6.45, 7) is 0. The second kappa shape index (κ2) is 12.6. The maximum Gasteiger partial charge on any atom is 0.234 e. The fourth-order valence-corrected chi connectivity index (χ4v) is 5.38. The first-order valence-electron chi connectivity index (χ1n) is 13.6. The molecule has 2 aromatic heterocycles. The average Bonchev–Trinajstić information content (AvgIpc) is 3.68. The number of nitrogens with zero attached hydrogens (tertiary/aromatic N) is 3. The van der Waals surface area contributed by atoms with Crippen LogP contribution in [0, 0.1) is 0 Å². The molecule has 0 saturated heterocycles. The number of aromatic nitrogens is 4. The molecule has 0 aliphatic heterocycles. The van der Waals surface area contributed by atoms with Gasteiger partial charge in [-0.1, -0.05) is 66.4 Å². The van der Waals surface area contributed by atoms with Crippen molar-refractivity contribution >= 4 is 46.1 Å². The number of hydrogen-bond acceptors (Lipinski definition) is 6. The summed E-state index contributed by atoms with van der Waals surface area (Å²) in [4.78, 5) is 28.8. The molecule has 8 nitrogen and oxygen atoms in total. The van der Waals surface area contributed by atoms with Gasteiger partial charge in [-0.2, -0.15) is 0 Å². The number of rotatable bonds is 10. The Hall–Kier alpha value is -5.41. The van der Waals surface area contributed by atoms with E-state index < -0.39 is 0 Å². The van der Waals surface area contributed by atoms with Crippen molar-refractivity contribution in [3.05, 3.63) is 127 Å². The van der Waals surface area contributed by atoms with Gasteiger partial charge in [-0.3, -0.25) is 14.2 Å². The van der Waals surface area contributed by atoms with Gasteiger partial charge < -0.3 is 15.0 Å². The highest BCUT2D eigenvalue weighted by molar-refractivity contribution is 7.99. The van der Waals surface area contributed by atoms with Crippen LogP contribution in [0.5, 0.6) is 5.75 Å². The zero-order valence-corrected chi connectivity index (χ0v) is 24.0. The van der Waals surface area contributed by atoms with Crippen LogP contribution in [0.1, 0.15) is 15.9 Å². The molecule has 6 rings (SSSR count). The van der Waals surface area contributed by atoms with Crippen LogP contribution in [0.2, 0.25) is 0 Å². The molecular formula is C34H27N5O3S. The van der Waals surface area contributed by atoms with Crippen molar-refractivity contribution in [1.82, 2.24) is 19.7 Å². The Morgan fingerprint density at radius 1 is 0.907 bits per heavy atom. The third kappa shape index (κ3) is 6.27. The van der Waals surface area contributed by atoms with Crippen LogP contribution in [0.4, 0.5) is 5.69 Å². The second-order valence-electron chi connectivity index (χ2n) is 9.61. The predicted molar refractivity (Wildman–Crippen MR) is 171 cm³/mol. The van der Waals surface area contributed by atoms with Crippen molar-refractivity contribution in [1.29, 1.82) is 0 Å². The van der Waals surface area contributed by atoms with Crippen molar-refractivity contribution in [2.24, 2.45) is 0 Å². The number of thioether (sulfide) groups is 1. The highest BCUT2D eigenvalue weighted by Gasteiger charge is 2.19. The van der Waals surface area contributed by atoms with Gasteiger partial charge in [0.15, 0.2) is 16.8 Å². The van der Waals surface area contributed by atoms with E-state index >= 15 is 0 Å². The molecule has 0 saturated carbocycles. The van der Waals surface area contributed by atoms with Crippen LogP contribution in [-0.2, 0) is 4.79 Å². The molecule has 0 fully saturated rings. The minimum absolute atomic E-state index is 0.129. The maximum absolute atomic E-state index is 12.9. The van der Waals surface area contributed by atoms with E-state index in [-0.39, 0.29) is 17.4 Å². The van der Waals surface area contributed by atoms with Gasteiger partial charge >= 0.3 is 0 Å². The number of carbonyl (C=O) groups is 2. The lowest BCUT2D eigenvalue weighted by atomic mass is 10.1. The molecule has 0 bridgehead atoms. The van der Waals surface area contributed by atoms with E-state index in [0.717, 1.165) is 33.5 Å². The molecule has 0 radical (unpaired) electrons. The van der Waals surface area contributed by atoms with Gasteiger partial charge in [0.25, 0.3) is 0 Å². The van der Waals surface area contributed by atoms with E-state index in [2.05, 4.69) is 20.5 Å². The minimum atomic E-state index is -0.195. The Bertz CT molecular complexity index is 1910. The van der Waals surface area contributed by atoms with Gasteiger partial charge in [-0.05, 0) is 66.2 Å². The lowest BCUT2D eigenvalue weighted by molar-refractivity contribution is -0.113. The van der Waals surface area contributed by atoms with Crippen molar-refractivity contribution in [2.45, 2.75) is 5.16 Å². The molecule has 9 heteroatoms. The molecule has 0 atom stereocenters. The molecule has 6 aromatic rings. The number of hydrogen-bond donors (Lipinski definition) is 2. The number of ether oxygens (including phenoxy) is 1. The summed E-state index contributed by atoms with van der Waals surface area (Å²) in [7, 11) is 1.61. The van der Waals surface area contributed by atoms with Gasteiger partial charge in [-0.25, -0.2) is 0 Å². The number of carbonyl (C=O) groups excluding carboxylic acids is 2. The minimum Gasteiger partial charge on any atom is -0.497 e. The van der Waals surface area contributed by atoms with Gasteiger partial charge in [0.2, 0.25) is 5.91 Å². The Labute approximate surface area is 252 Å². The molecule has 2 N–H and O–H groups in total. The van der Waals surface area contributed by atoms with Crippen LogP contribution >= 0.6 is 11.8 Å². The van der Waals surface area contributed by atoms with Crippen LogP contribution in [-0.4, -0.2) is 44.3 Å². The number of H-pyrrole nitrogens is 1. The number of methoxy groups -OCH3 is 1. The zero-order valence-electron chi connectivity index (χ0n) is 23.2. The monoisotopic (exact) mass is 585 g/mol. The Kier molecular flexibility index (Phi) is 8.15. The summed E-state index contributed by atoms with van der Waals surface area (Å²) < 4.78 is 7.13. The van der Waals surface area contributed by atoms with Crippen molar-refractivity contribution in [3.63, 3.8) is 0 Å². The molecule has 212 valence electrons. The maximum atomic E-state index is 12.9. The van der Waals surface area contributed by atoms with E-state index in [1.165, 1.54) is 17.8 Å². The van der Waals surface area contributed by atoms with Crippen LogP contribution in [0.3, 0.4) is 0 Å². The van der Waals surface area contributed by atoms with Gasteiger partial charge in [0.1, 0.15) is 5.75 Å². The molecule has 43 heavy (non-hydrogen) atoms. The van der Waals surface area contributed by atoms with Crippen molar-refractivity contribution in [2.75, 3.05) is 18.2 Å². The number of fused-ring (bicyclic) bond motifs is 1. The summed E-state index contributed by atoms with van der Waals surface area (Å²) >= 11 is 1.30. The average molecular weight is 586 g/mol. The van der Waals surface area contributed by atoms with E-state index in [9.17, 15) is 9.59 Å². The van der Waals surface area contributed by atoms with E-state index in [4.69, 9.17) is 4.74 Å². The van der Waals surface area contributed by atoms with Gasteiger partial charge in [0.05, 0.1) is 12.9 Å². The second-order valence-corrected chi connectivity index (χ2v) is 10.6. The number of nitrogens with one attached hydrogen (secondary N) is 2. The third-order valence-electron chi connectivity index (χ3n) is 6.81. The number of aromatic amines is 1. The lowest BCUT2D eigenvalue weighted by Crippen LogP contribution is -2.14. The summed E-state index contributed by atoms with van der Waals surface area (Å²) in [5.41, 5.74) is 4.86. The first-order chi connectivity index (χ1) is 21.1. The Balaban J connectivity index is 1.12. The predicted octanol–water partition coefficient (Wildman–Crippen LogP) is 7.05. The molecule has 4 aromatic carbocycles. The first kappa shape index (κ1) is 27.7. The Morgan fingerprint density at radius 3 is 2.42 bits per heavy atom. The zero-order chi connectivity index (χ0) is 29.6. The number of para-hydroxylation sites is 2. The van der Waals surface area contributed by atoms with Gasteiger partial charge in [-0.15, -0.1) is 10.2 Å². The summed E-state index contributed by atoms with van der Waals surface area (Å²) in [6, 6.07) is 32.2. The highest BCUT2D eigenvalue weighted by Crippen LogP contribution is 2.32. The summed E-state index contributed by atoms with van der Waals surface area (Å²) in [6.07, 6.45) is 5.21. The number of benzene rings is 4. The molecular weight excluding hydrogens is 558 g/mol. The number of allylic oxidation sites excluding steroid dienone is 1. The molecule has 0 unspecified atom stereocenters. The summed E-state index contributed by atoms with van der Waals surface area (Å²) in [5, 5.41) is 13.5. The highest BCUT2D eigenvalue weighted by atomic mass is 32.2. The van der Waals surface area contributed by atoms with E-state index in [0.29, 0.717) is 22.2 Å². The normalized spacial score (nSPS) is 11.2. The van der Waals surface area contributed by atoms with Crippen LogP contribution in [0.15, 0.2) is 121 Å². The van der Waals surface area contributed by atoms with Crippen LogP contribution < -0.4 is 10.1 Å². The number of amides is 1. The molecule has 1 amide bonds. The SMILES string of the molecule is COc1ccc(/C=C/C(=O)c2ccc(NC(=O)CSc3nnc(-c4c[nH]c5ccccc45)n3-c3ccccc3)cc2)cc1. The van der Waals surface area contributed by atoms with Gasteiger partial charge in [0, 0.05) is 39.6 Å². The van der Waals surface area contributed by atoms with Crippen molar-refractivity contribution < 1.29 is 14.3 Å². The largest absolute Gasteiger partial charge is 0.497 e. The molecule has 0 aliphatic rings. The Morgan fingerprint density at radius 2 is 1.65 bits per heavy atom. The number of anilines is 1. The van der Waals surface area contributed by atoms with Crippen molar-refractivity contribution in [3.8, 4) is 22.8 Å². The lowest BCUT2D eigenvalue weighted by Gasteiger charge is -2.10. The first-order valence-corrected chi connectivity index (χ1v) is 14.5. The van der Waals surface area contributed by atoms with Crippen LogP contribution in [0.25, 0.3) is 34.1 Å². The fraction of sp³-hybridized carbons (Fsp3) is 0.0588. The van der Waals surface area contributed by atoms with E-state index in [1.54, 1.807) is 37.5 Å². The molecule has 2 heterocycles. The third-order valence-corrected chi connectivity index (χ3v) is 7.74. The molecule has 0 spiro atoms.